The highest BCUT2D eigenvalue weighted by atomic mass is 127. The first-order chi connectivity index (χ1) is 15.1. The number of guanidine groups is 1. The Bertz CT molecular complexity index is 732. The summed E-state index contributed by atoms with van der Waals surface area (Å²) in [7, 11) is 0. The van der Waals surface area contributed by atoms with E-state index in [4.69, 9.17) is 9.47 Å². The highest BCUT2D eigenvalue weighted by Gasteiger charge is 2.17. The lowest BCUT2D eigenvalue weighted by molar-refractivity contribution is -0.120. The predicted octanol–water partition coefficient (Wildman–Crippen LogP) is 3.67. The Labute approximate surface area is 209 Å². The average molecular weight is 559 g/mol. The van der Waals surface area contributed by atoms with Gasteiger partial charge in [0.15, 0.2) is 5.96 Å². The molecule has 1 aromatic carbocycles. The predicted molar refractivity (Wildman–Crippen MR) is 139 cm³/mol. The fraction of sp³-hybridized carbons (Fsp3) is 0.667. The molecule has 3 rings (SSSR count). The van der Waals surface area contributed by atoms with Crippen LogP contribution in [0.2, 0.25) is 0 Å². The number of rotatable bonds is 9. The van der Waals surface area contributed by atoms with Gasteiger partial charge in [-0.15, -0.1) is 24.0 Å². The van der Waals surface area contributed by atoms with Gasteiger partial charge in [0.1, 0.15) is 12.4 Å². The molecule has 180 valence electrons. The number of amides is 1. The molecule has 1 amide bonds. The zero-order valence-corrected chi connectivity index (χ0v) is 21.8. The van der Waals surface area contributed by atoms with E-state index >= 15 is 0 Å². The third-order valence-corrected chi connectivity index (χ3v) is 5.81. The quantitative estimate of drug-likeness (QED) is 0.245. The van der Waals surface area contributed by atoms with Crippen molar-refractivity contribution in [2.24, 2.45) is 4.99 Å². The summed E-state index contributed by atoms with van der Waals surface area (Å²) in [4.78, 5) is 17.0. The van der Waals surface area contributed by atoms with Crippen LogP contribution in [0.3, 0.4) is 0 Å². The second-order valence-corrected chi connectivity index (χ2v) is 8.51. The van der Waals surface area contributed by atoms with Crippen LogP contribution in [0.15, 0.2) is 23.2 Å². The summed E-state index contributed by atoms with van der Waals surface area (Å²) in [6.45, 7) is 6.89. The van der Waals surface area contributed by atoms with E-state index in [1.807, 2.05) is 6.92 Å². The first-order valence-electron chi connectivity index (χ1n) is 11.8. The minimum atomic E-state index is 0. The summed E-state index contributed by atoms with van der Waals surface area (Å²) in [6, 6.07) is 6.50. The van der Waals surface area contributed by atoms with Gasteiger partial charge in [0.05, 0.1) is 19.2 Å². The number of carbonyl (C=O) groups excluding carboxylic acids is 1. The van der Waals surface area contributed by atoms with Gasteiger partial charge in [-0.3, -0.25) is 4.79 Å². The second-order valence-electron chi connectivity index (χ2n) is 8.51. The molecule has 1 heterocycles. The highest BCUT2D eigenvalue weighted by molar-refractivity contribution is 14.0. The summed E-state index contributed by atoms with van der Waals surface area (Å²) in [6.07, 6.45) is 8.19. The molecule has 0 radical (unpaired) electrons. The lowest BCUT2D eigenvalue weighted by atomic mass is 9.95. The molecular formula is C24H39IN4O3. The minimum Gasteiger partial charge on any atom is -0.491 e. The SMILES string of the molecule is CCNC(=NCc1ccc(C)cc1OCC1CCCO1)NCC(=O)NC1CCCCC1.I. The van der Waals surface area contributed by atoms with E-state index in [-0.39, 0.29) is 42.5 Å². The third kappa shape index (κ3) is 9.13. The van der Waals surface area contributed by atoms with Crippen molar-refractivity contribution < 1.29 is 14.3 Å². The van der Waals surface area contributed by atoms with E-state index in [2.05, 4.69) is 46.1 Å². The molecule has 1 atom stereocenters. The minimum absolute atomic E-state index is 0. The molecule has 0 spiro atoms. The van der Waals surface area contributed by atoms with Crippen molar-refractivity contribution in [3.63, 3.8) is 0 Å². The zero-order valence-electron chi connectivity index (χ0n) is 19.5. The maximum absolute atomic E-state index is 12.3. The first-order valence-corrected chi connectivity index (χ1v) is 11.8. The van der Waals surface area contributed by atoms with Gasteiger partial charge >= 0.3 is 0 Å². The van der Waals surface area contributed by atoms with E-state index < -0.39 is 0 Å². The van der Waals surface area contributed by atoms with Crippen LogP contribution in [-0.4, -0.2) is 50.3 Å². The number of benzene rings is 1. The summed E-state index contributed by atoms with van der Waals surface area (Å²) in [5, 5.41) is 9.50. The number of nitrogens with one attached hydrogen (secondary N) is 3. The lowest BCUT2D eigenvalue weighted by Gasteiger charge is -2.23. The number of aryl methyl sites for hydroxylation is 1. The first kappa shape index (κ1) is 26.7. The van der Waals surface area contributed by atoms with Gasteiger partial charge < -0.3 is 25.4 Å². The van der Waals surface area contributed by atoms with Gasteiger partial charge in [-0.2, -0.15) is 0 Å². The van der Waals surface area contributed by atoms with E-state index in [1.54, 1.807) is 0 Å². The van der Waals surface area contributed by atoms with Gasteiger partial charge in [0.25, 0.3) is 0 Å². The van der Waals surface area contributed by atoms with Crippen LogP contribution >= 0.6 is 24.0 Å². The molecule has 2 aliphatic rings. The number of ether oxygens (including phenoxy) is 2. The molecule has 1 saturated heterocycles. The summed E-state index contributed by atoms with van der Waals surface area (Å²) in [5.74, 6) is 1.51. The van der Waals surface area contributed by atoms with Crippen LogP contribution in [0.4, 0.5) is 0 Å². The Morgan fingerprint density at radius 3 is 2.69 bits per heavy atom. The van der Waals surface area contributed by atoms with Crippen molar-refractivity contribution in [3.05, 3.63) is 29.3 Å². The number of halogens is 1. The van der Waals surface area contributed by atoms with Crippen molar-refractivity contribution in [1.29, 1.82) is 0 Å². The normalized spacial score (nSPS) is 19.2. The molecule has 8 heteroatoms. The van der Waals surface area contributed by atoms with Gasteiger partial charge in [0.2, 0.25) is 5.91 Å². The molecule has 1 unspecified atom stereocenters. The molecular weight excluding hydrogens is 519 g/mol. The Morgan fingerprint density at radius 1 is 1.16 bits per heavy atom. The molecule has 1 saturated carbocycles. The van der Waals surface area contributed by atoms with E-state index in [1.165, 1.54) is 19.3 Å². The molecule has 32 heavy (non-hydrogen) atoms. The van der Waals surface area contributed by atoms with Crippen molar-refractivity contribution in [2.75, 3.05) is 26.3 Å². The van der Waals surface area contributed by atoms with Gasteiger partial charge in [-0.25, -0.2) is 4.99 Å². The topological polar surface area (TPSA) is 84.0 Å². The fourth-order valence-electron chi connectivity index (χ4n) is 4.08. The van der Waals surface area contributed by atoms with E-state index in [0.29, 0.717) is 25.2 Å². The van der Waals surface area contributed by atoms with Crippen LogP contribution in [0.5, 0.6) is 5.75 Å². The van der Waals surface area contributed by atoms with Crippen LogP contribution in [0.25, 0.3) is 0 Å². The summed E-state index contributed by atoms with van der Waals surface area (Å²) in [5.41, 5.74) is 2.17. The Morgan fingerprint density at radius 2 is 1.97 bits per heavy atom. The van der Waals surface area contributed by atoms with Crippen molar-refractivity contribution in [1.82, 2.24) is 16.0 Å². The van der Waals surface area contributed by atoms with E-state index in [0.717, 1.165) is 55.7 Å². The van der Waals surface area contributed by atoms with Gasteiger partial charge in [-0.05, 0) is 51.2 Å². The Hall–Kier alpha value is -1.55. The molecule has 2 fully saturated rings. The Balaban J connectivity index is 0.00000363. The number of hydrogen-bond donors (Lipinski definition) is 3. The maximum atomic E-state index is 12.3. The van der Waals surface area contributed by atoms with E-state index in [9.17, 15) is 4.79 Å². The van der Waals surface area contributed by atoms with Crippen LogP contribution in [0.1, 0.15) is 63.0 Å². The average Bonchev–Trinajstić information content (AvgIpc) is 3.29. The van der Waals surface area contributed by atoms with Crippen LogP contribution in [-0.2, 0) is 16.1 Å². The van der Waals surface area contributed by atoms with Gasteiger partial charge in [0, 0.05) is 24.8 Å². The molecule has 1 aromatic rings. The largest absolute Gasteiger partial charge is 0.491 e. The maximum Gasteiger partial charge on any atom is 0.239 e. The number of hydrogen-bond acceptors (Lipinski definition) is 4. The van der Waals surface area contributed by atoms with Crippen molar-refractivity contribution in [2.45, 2.75) is 77.5 Å². The Kier molecular flexibility index (Phi) is 12.2. The van der Waals surface area contributed by atoms with Crippen molar-refractivity contribution >= 4 is 35.8 Å². The molecule has 7 nitrogen and oxygen atoms in total. The summed E-state index contributed by atoms with van der Waals surface area (Å²) < 4.78 is 11.8. The lowest BCUT2D eigenvalue weighted by Crippen LogP contribution is -2.46. The molecule has 1 aliphatic heterocycles. The third-order valence-electron chi connectivity index (χ3n) is 5.81. The highest BCUT2D eigenvalue weighted by Crippen LogP contribution is 2.23. The fourth-order valence-corrected chi connectivity index (χ4v) is 4.08. The zero-order chi connectivity index (χ0) is 21.9. The van der Waals surface area contributed by atoms with Crippen LogP contribution in [0, 0.1) is 6.92 Å². The number of nitrogens with zero attached hydrogens (tertiary/aromatic N) is 1. The van der Waals surface area contributed by atoms with Crippen molar-refractivity contribution in [3.8, 4) is 5.75 Å². The molecule has 0 aromatic heterocycles. The van der Waals surface area contributed by atoms with Crippen LogP contribution < -0.4 is 20.7 Å². The molecule has 0 bridgehead atoms. The molecule has 1 aliphatic carbocycles. The molecule has 3 N–H and O–H groups in total. The summed E-state index contributed by atoms with van der Waals surface area (Å²) >= 11 is 0. The number of carbonyl (C=O) groups is 1. The van der Waals surface area contributed by atoms with Gasteiger partial charge in [-0.1, -0.05) is 31.4 Å². The smallest absolute Gasteiger partial charge is 0.239 e. The second kappa shape index (κ2) is 14.6. The standard InChI is InChI=1S/C24H38N4O3.HI/c1-3-25-24(27-16-23(29)28-20-8-5-4-6-9-20)26-15-19-12-11-18(2)14-22(19)31-17-21-10-7-13-30-21;/h11-12,14,20-21H,3-10,13,15-17H2,1-2H3,(H,28,29)(H2,25,26,27);1H. The monoisotopic (exact) mass is 558 g/mol. The number of aliphatic imine (C=N–C) groups is 1.